The fraction of sp³-hybridized carbons (Fsp3) is 0.316. The highest BCUT2D eigenvalue weighted by Gasteiger charge is 2.31. The summed E-state index contributed by atoms with van der Waals surface area (Å²) >= 11 is 0. The Labute approximate surface area is 136 Å². The highest BCUT2D eigenvalue weighted by Crippen LogP contribution is 2.33. The number of aliphatic hydroxyl groups is 1. The van der Waals surface area contributed by atoms with Crippen molar-refractivity contribution in [2.45, 2.75) is 18.9 Å². The number of hydrogen-bond acceptors (Lipinski definition) is 3. The molecule has 1 unspecified atom stereocenters. The van der Waals surface area contributed by atoms with Crippen LogP contribution in [0.25, 0.3) is 0 Å². The van der Waals surface area contributed by atoms with Crippen LogP contribution in [0.4, 0.5) is 5.69 Å². The average molecular weight is 311 g/mol. The third kappa shape index (κ3) is 3.71. The van der Waals surface area contributed by atoms with Crippen molar-refractivity contribution in [1.29, 1.82) is 0 Å². The van der Waals surface area contributed by atoms with Gasteiger partial charge in [0.15, 0.2) is 6.10 Å². The summed E-state index contributed by atoms with van der Waals surface area (Å²) in [6, 6.07) is 16.5. The van der Waals surface area contributed by atoms with Gasteiger partial charge in [0.2, 0.25) is 0 Å². The smallest absolute Gasteiger partial charge is 0.260 e. The van der Waals surface area contributed by atoms with Crippen LogP contribution in [0.15, 0.2) is 54.6 Å². The van der Waals surface area contributed by atoms with E-state index in [2.05, 4.69) is 0 Å². The Morgan fingerprint density at radius 2 is 1.96 bits per heavy atom. The number of benzene rings is 2. The monoisotopic (exact) mass is 311 g/mol. The van der Waals surface area contributed by atoms with Crippen molar-refractivity contribution in [2.24, 2.45) is 5.92 Å². The van der Waals surface area contributed by atoms with Crippen molar-refractivity contribution in [2.75, 3.05) is 18.6 Å². The standard InChI is InChI=1S/C19H21NO3/c1-23-17-9-5-6-15(12-17)18(21)19(22)20(13-14-10-11-14)16-7-3-2-4-8-16/h2-9,12,14,18,21H,10-11,13H2,1H3. The van der Waals surface area contributed by atoms with E-state index in [4.69, 9.17) is 4.74 Å². The Hall–Kier alpha value is -2.33. The molecule has 0 aromatic heterocycles. The normalized spacial score (nSPS) is 15.0. The third-order valence-electron chi connectivity index (χ3n) is 4.12. The van der Waals surface area contributed by atoms with E-state index in [9.17, 15) is 9.90 Å². The van der Waals surface area contributed by atoms with Gasteiger partial charge in [-0.2, -0.15) is 0 Å². The van der Waals surface area contributed by atoms with Gasteiger partial charge in [0, 0.05) is 12.2 Å². The minimum absolute atomic E-state index is 0.295. The second-order valence-corrected chi connectivity index (χ2v) is 5.91. The molecule has 2 aromatic rings. The summed E-state index contributed by atoms with van der Waals surface area (Å²) < 4.78 is 5.17. The molecule has 0 heterocycles. The zero-order chi connectivity index (χ0) is 16.2. The van der Waals surface area contributed by atoms with Crippen LogP contribution in [0.1, 0.15) is 24.5 Å². The maximum absolute atomic E-state index is 12.8. The van der Waals surface area contributed by atoms with E-state index in [0.29, 0.717) is 23.8 Å². The number of carbonyl (C=O) groups is 1. The first-order chi connectivity index (χ1) is 11.2. The zero-order valence-corrected chi connectivity index (χ0v) is 13.2. The molecular formula is C19H21NO3. The Morgan fingerprint density at radius 1 is 1.22 bits per heavy atom. The number of nitrogens with zero attached hydrogens (tertiary/aromatic N) is 1. The van der Waals surface area contributed by atoms with Crippen molar-refractivity contribution in [3.8, 4) is 5.75 Å². The summed E-state index contributed by atoms with van der Waals surface area (Å²) in [4.78, 5) is 14.5. The number of amides is 1. The molecule has 0 saturated heterocycles. The summed E-state index contributed by atoms with van der Waals surface area (Å²) in [6.07, 6.45) is 1.10. The molecule has 1 aliphatic carbocycles. The quantitative estimate of drug-likeness (QED) is 0.891. The Balaban J connectivity index is 1.84. The van der Waals surface area contributed by atoms with E-state index in [-0.39, 0.29) is 5.91 Å². The number of carbonyl (C=O) groups excluding carboxylic acids is 1. The SMILES string of the molecule is COc1cccc(C(O)C(=O)N(CC2CC2)c2ccccc2)c1. The van der Waals surface area contributed by atoms with Crippen LogP contribution in [-0.4, -0.2) is 24.7 Å². The van der Waals surface area contributed by atoms with Gasteiger partial charge in [-0.3, -0.25) is 4.79 Å². The number of anilines is 1. The second kappa shape index (κ2) is 6.84. The molecule has 1 amide bonds. The maximum atomic E-state index is 12.8. The molecule has 3 rings (SSSR count). The van der Waals surface area contributed by atoms with Crippen molar-refractivity contribution in [3.05, 3.63) is 60.2 Å². The van der Waals surface area contributed by atoms with E-state index >= 15 is 0 Å². The predicted octanol–water partition coefficient (Wildman–Crippen LogP) is 3.17. The van der Waals surface area contributed by atoms with E-state index in [1.165, 1.54) is 0 Å². The summed E-state index contributed by atoms with van der Waals surface area (Å²) in [5.74, 6) is 0.871. The van der Waals surface area contributed by atoms with Crippen molar-refractivity contribution >= 4 is 11.6 Å². The van der Waals surface area contributed by atoms with Crippen LogP contribution in [0.5, 0.6) is 5.75 Å². The highest BCUT2D eigenvalue weighted by atomic mass is 16.5. The number of methoxy groups -OCH3 is 1. The molecule has 0 aliphatic heterocycles. The zero-order valence-electron chi connectivity index (χ0n) is 13.2. The first-order valence-corrected chi connectivity index (χ1v) is 7.87. The van der Waals surface area contributed by atoms with Gasteiger partial charge in [0.05, 0.1) is 7.11 Å². The molecule has 23 heavy (non-hydrogen) atoms. The molecule has 4 nitrogen and oxygen atoms in total. The van der Waals surface area contributed by atoms with E-state index < -0.39 is 6.10 Å². The molecule has 1 N–H and O–H groups in total. The van der Waals surface area contributed by atoms with Crippen molar-refractivity contribution in [3.63, 3.8) is 0 Å². The molecule has 1 atom stereocenters. The molecule has 0 spiro atoms. The lowest BCUT2D eigenvalue weighted by Gasteiger charge is -2.25. The predicted molar refractivity (Wildman–Crippen MR) is 89.5 cm³/mol. The Morgan fingerprint density at radius 3 is 2.61 bits per heavy atom. The van der Waals surface area contributed by atoms with Crippen LogP contribution in [0.3, 0.4) is 0 Å². The fourth-order valence-electron chi connectivity index (χ4n) is 2.59. The fourth-order valence-corrected chi connectivity index (χ4v) is 2.59. The first-order valence-electron chi connectivity index (χ1n) is 7.87. The Bertz CT molecular complexity index is 667. The molecule has 120 valence electrons. The van der Waals surface area contributed by atoms with Gasteiger partial charge in [-0.05, 0) is 48.6 Å². The van der Waals surface area contributed by atoms with E-state index in [0.717, 1.165) is 18.5 Å². The minimum Gasteiger partial charge on any atom is -0.497 e. The number of para-hydroxylation sites is 1. The summed E-state index contributed by atoms with van der Waals surface area (Å²) in [7, 11) is 1.57. The molecular weight excluding hydrogens is 290 g/mol. The molecule has 1 saturated carbocycles. The maximum Gasteiger partial charge on any atom is 0.260 e. The number of ether oxygens (including phenoxy) is 1. The van der Waals surface area contributed by atoms with Crippen LogP contribution in [-0.2, 0) is 4.79 Å². The number of rotatable bonds is 6. The largest absolute Gasteiger partial charge is 0.497 e. The summed E-state index contributed by atoms with van der Waals surface area (Å²) in [5.41, 5.74) is 1.37. The van der Waals surface area contributed by atoms with Gasteiger partial charge >= 0.3 is 0 Å². The molecule has 0 radical (unpaired) electrons. The lowest BCUT2D eigenvalue weighted by atomic mass is 10.1. The molecule has 1 aliphatic rings. The second-order valence-electron chi connectivity index (χ2n) is 5.91. The number of aliphatic hydroxyl groups excluding tert-OH is 1. The molecule has 4 heteroatoms. The van der Waals surface area contributed by atoms with Crippen LogP contribution < -0.4 is 9.64 Å². The van der Waals surface area contributed by atoms with Gasteiger partial charge in [0.1, 0.15) is 5.75 Å². The lowest BCUT2D eigenvalue weighted by Crippen LogP contribution is -2.36. The van der Waals surface area contributed by atoms with E-state index in [1.807, 2.05) is 30.3 Å². The highest BCUT2D eigenvalue weighted by molar-refractivity contribution is 5.97. The van der Waals surface area contributed by atoms with Crippen LogP contribution in [0, 0.1) is 5.92 Å². The average Bonchev–Trinajstić information content (AvgIpc) is 3.43. The summed E-state index contributed by atoms with van der Waals surface area (Å²) in [6.45, 7) is 0.657. The Kier molecular flexibility index (Phi) is 4.63. The summed E-state index contributed by atoms with van der Waals surface area (Å²) in [5, 5.41) is 10.5. The molecule has 2 aromatic carbocycles. The first kappa shape index (κ1) is 15.6. The third-order valence-corrected chi connectivity index (χ3v) is 4.12. The number of hydrogen-bond donors (Lipinski definition) is 1. The lowest BCUT2D eigenvalue weighted by molar-refractivity contribution is -0.127. The van der Waals surface area contributed by atoms with Gasteiger partial charge in [0.25, 0.3) is 5.91 Å². The van der Waals surface area contributed by atoms with E-state index in [1.54, 1.807) is 36.3 Å². The molecule has 0 bridgehead atoms. The van der Waals surface area contributed by atoms with Crippen LogP contribution in [0.2, 0.25) is 0 Å². The molecule has 1 fully saturated rings. The van der Waals surface area contributed by atoms with Crippen molar-refractivity contribution in [1.82, 2.24) is 0 Å². The van der Waals surface area contributed by atoms with Crippen LogP contribution >= 0.6 is 0 Å². The topological polar surface area (TPSA) is 49.8 Å². The van der Waals surface area contributed by atoms with Gasteiger partial charge in [-0.25, -0.2) is 0 Å². The van der Waals surface area contributed by atoms with Crippen molar-refractivity contribution < 1.29 is 14.6 Å². The van der Waals surface area contributed by atoms with Gasteiger partial charge in [-0.1, -0.05) is 30.3 Å². The van der Waals surface area contributed by atoms with Gasteiger partial charge < -0.3 is 14.7 Å². The van der Waals surface area contributed by atoms with Gasteiger partial charge in [-0.15, -0.1) is 0 Å². The minimum atomic E-state index is -1.19.